The lowest BCUT2D eigenvalue weighted by molar-refractivity contribution is 0.0425. The first-order chi connectivity index (χ1) is 23.6. The molecule has 1 atom stereocenters. The van der Waals surface area contributed by atoms with E-state index in [-0.39, 0.29) is 55.5 Å². The Labute approximate surface area is 275 Å². The van der Waals surface area contributed by atoms with Crippen LogP contribution in [0.3, 0.4) is 0 Å². The molecule has 0 fully saturated rings. The highest BCUT2D eigenvalue weighted by molar-refractivity contribution is 7.75. The van der Waals surface area contributed by atoms with Gasteiger partial charge in [-0.2, -0.15) is 0 Å². The second kappa shape index (κ2) is 11.0. The second-order valence-corrected chi connectivity index (χ2v) is 13.2. The van der Waals surface area contributed by atoms with Crippen LogP contribution in [0, 0.1) is 0 Å². The fourth-order valence-corrected chi connectivity index (χ4v) is 8.11. The fraction of sp³-hybridized carbons (Fsp3) is 0. The number of rotatable bonds is 5. The van der Waals surface area contributed by atoms with Crippen LogP contribution in [-0.2, 0) is 14.0 Å². The van der Waals surface area contributed by atoms with E-state index in [9.17, 15) is 28.8 Å². The summed E-state index contributed by atoms with van der Waals surface area (Å²) in [5, 5.41) is 0.155. The van der Waals surface area contributed by atoms with Crippen LogP contribution in [0.25, 0.3) is 11.1 Å². The smallest absolute Gasteiger partial charge is 0.346 e. The maximum absolute atomic E-state index is 15.2. The van der Waals surface area contributed by atoms with E-state index in [0.29, 0.717) is 16.9 Å². The van der Waals surface area contributed by atoms with Gasteiger partial charge in [0.2, 0.25) is 0 Å². The van der Waals surface area contributed by atoms with Crippen molar-refractivity contribution in [3.63, 3.8) is 0 Å². The van der Waals surface area contributed by atoms with E-state index in [4.69, 9.17) is 14.0 Å². The third kappa shape index (κ3) is 4.81. The average Bonchev–Trinajstić information content (AvgIpc) is 3.56. The van der Waals surface area contributed by atoms with Crippen molar-refractivity contribution in [2.24, 2.45) is 0 Å². The van der Waals surface area contributed by atoms with Crippen molar-refractivity contribution in [1.82, 2.24) is 0 Å². The maximum atomic E-state index is 15.2. The molecule has 3 aliphatic heterocycles. The van der Waals surface area contributed by atoms with Gasteiger partial charge in [-0.3, -0.25) is 4.57 Å². The molecule has 13 heteroatoms. The number of ether oxygens (including phenoxy) is 4. The Morgan fingerprint density at radius 3 is 1.71 bits per heavy atom. The number of fused-ring (bicyclic) bond motifs is 5. The van der Waals surface area contributed by atoms with Crippen molar-refractivity contribution in [2.45, 2.75) is 0 Å². The molecule has 0 N–H and O–H groups in total. The van der Waals surface area contributed by atoms with Crippen molar-refractivity contribution in [2.75, 3.05) is 0 Å². The number of carbonyl (C=O) groups excluding carboxylic acids is 6. The molecule has 5 aromatic rings. The van der Waals surface area contributed by atoms with Crippen LogP contribution < -0.4 is 24.6 Å². The molecule has 0 bridgehead atoms. The van der Waals surface area contributed by atoms with E-state index < -0.39 is 43.2 Å². The summed E-state index contributed by atoms with van der Waals surface area (Å²) in [5.41, 5.74) is 0.906. The molecule has 3 aliphatic rings. The number of carbonyl (C=O) groups is 6. The fourth-order valence-electron chi connectivity index (χ4n) is 5.72. The van der Waals surface area contributed by atoms with Crippen molar-refractivity contribution in [3.05, 3.63) is 137 Å². The first kappa shape index (κ1) is 29.7. The maximum Gasteiger partial charge on any atom is 0.346 e. The van der Waals surface area contributed by atoms with E-state index in [1.165, 1.54) is 48.5 Å². The Kier molecular flexibility index (Phi) is 6.65. The quantitative estimate of drug-likeness (QED) is 0.106. The molecular formula is C36H17O12P. The molecule has 3 heterocycles. The molecular weight excluding hydrogens is 655 g/mol. The van der Waals surface area contributed by atoms with Gasteiger partial charge in [-0.25, -0.2) is 28.8 Å². The van der Waals surface area contributed by atoms with Gasteiger partial charge in [0.15, 0.2) is 0 Å². The van der Waals surface area contributed by atoms with E-state index in [1.54, 1.807) is 48.5 Å². The zero-order valence-electron chi connectivity index (χ0n) is 24.7. The van der Waals surface area contributed by atoms with Crippen molar-refractivity contribution in [1.29, 1.82) is 0 Å². The van der Waals surface area contributed by atoms with E-state index in [1.807, 2.05) is 0 Å². The number of para-hydroxylation sites is 1. The first-order valence-electron chi connectivity index (χ1n) is 14.5. The summed E-state index contributed by atoms with van der Waals surface area (Å²) < 4.78 is 41.9. The molecule has 0 spiro atoms. The summed E-state index contributed by atoms with van der Waals surface area (Å²) in [6.07, 6.45) is 0. The lowest BCUT2D eigenvalue weighted by Gasteiger charge is -2.29. The largest absolute Gasteiger partial charge is 0.436 e. The topological polar surface area (TPSA) is 166 Å². The van der Waals surface area contributed by atoms with E-state index in [0.717, 1.165) is 6.07 Å². The van der Waals surface area contributed by atoms with Crippen molar-refractivity contribution < 1.29 is 56.8 Å². The summed E-state index contributed by atoms with van der Waals surface area (Å²) in [4.78, 5) is 74.5. The van der Waals surface area contributed by atoms with Gasteiger partial charge in [0.1, 0.15) is 17.2 Å². The summed E-state index contributed by atoms with van der Waals surface area (Å²) >= 11 is 0. The van der Waals surface area contributed by atoms with Crippen molar-refractivity contribution in [3.8, 4) is 28.4 Å². The number of benzene rings is 5. The second-order valence-electron chi connectivity index (χ2n) is 10.9. The summed E-state index contributed by atoms with van der Waals surface area (Å²) in [6, 6.07) is 25.0. The minimum Gasteiger partial charge on any atom is -0.436 e. The highest BCUT2D eigenvalue weighted by Gasteiger charge is 2.41. The third-order valence-electron chi connectivity index (χ3n) is 8.05. The molecule has 8 rings (SSSR count). The van der Waals surface area contributed by atoms with Crippen LogP contribution in [0.2, 0.25) is 0 Å². The minimum absolute atomic E-state index is 0.00409. The molecule has 0 radical (unpaired) electrons. The minimum atomic E-state index is -4.16. The molecule has 0 aromatic heterocycles. The lowest BCUT2D eigenvalue weighted by atomic mass is 10.0. The van der Waals surface area contributed by atoms with Gasteiger partial charge in [0.05, 0.1) is 44.0 Å². The predicted octanol–water partition coefficient (Wildman–Crippen LogP) is 5.03. The number of hydrogen-bond donors (Lipinski definition) is 0. The number of esters is 6. The lowest BCUT2D eigenvalue weighted by Crippen LogP contribution is -2.27. The Balaban J connectivity index is 1.20. The molecule has 0 saturated carbocycles. The van der Waals surface area contributed by atoms with Gasteiger partial charge in [-0.1, -0.05) is 36.4 Å². The Hall–Kier alpha value is -6.65. The number of cyclic esters (lactones) is 4. The van der Waals surface area contributed by atoms with Gasteiger partial charge < -0.3 is 23.5 Å². The van der Waals surface area contributed by atoms with Crippen LogP contribution in [0.15, 0.2) is 103 Å². The highest BCUT2D eigenvalue weighted by atomic mass is 31.2. The zero-order valence-corrected chi connectivity index (χ0v) is 25.6. The van der Waals surface area contributed by atoms with Gasteiger partial charge >= 0.3 is 43.2 Å². The van der Waals surface area contributed by atoms with Gasteiger partial charge in [-0.05, 0) is 72.3 Å². The van der Waals surface area contributed by atoms with Gasteiger partial charge in [0, 0.05) is 5.56 Å². The summed E-state index contributed by atoms with van der Waals surface area (Å²) in [7, 11) is -4.16. The number of hydrogen-bond acceptors (Lipinski definition) is 12. The molecule has 1 unspecified atom stereocenters. The standard InChI is InChI=1S/C36H17O12P/c37-31(18-9-12-23-25(15-18)35(41)46-33(23)39)44-20-11-14-28(45-32(38)19-10-13-24-26(16-19)36(42)47-34(24)40)30(17-20)49(43)29-8-4-2-6-22(29)21-5-1-3-7-27(21)48-49/h1-17H. The summed E-state index contributed by atoms with van der Waals surface area (Å²) in [6.45, 7) is 0. The molecule has 49 heavy (non-hydrogen) atoms. The summed E-state index contributed by atoms with van der Waals surface area (Å²) in [5.74, 6) is -5.39. The molecule has 5 aromatic carbocycles. The molecule has 0 saturated heterocycles. The molecule has 238 valence electrons. The van der Waals surface area contributed by atoms with Crippen molar-refractivity contribution >= 4 is 53.8 Å². The van der Waals surface area contributed by atoms with E-state index in [2.05, 4.69) is 9.47 Å². The molecule has 0 amide bonds. The monoisotopic (exact) mass is 672 g/mol. The van der Waals surface area contributed by atoms with Gasteiger partial charge in [-0.15, -0.1) is 0 Å². The van der Waals surface area contributed by atoms with Crippen LogP contribution in [-0.4, -0.2) is 35.8 Å². The highest BCUT2D eigenvalue weighted by Crippen LogP contribution is 2.55. The predicted molar refractivity (Wildman–Crippen MR) is 168 cm³/mol. The third-order valence-corrected chi connectivity index (χ3v) is 10.5. The Bertz CT molecular complexity index is 2430. The SMILES string of the molecule is O=C(Oc1ccc(OC(=O)c2ccc3c(c2)C(=O)OC3=O)c(P2(=O)Oc3ccccc3-c3ccccc32)c1)c1ccc2c(c1)C(=O)OC2=O. The first-order valence-corrected chi connectivity index (χ1v) is 16.1. The van der Waals surface area contributed by atoms with Crippen LogP contribution in [0.5, 0.6) is 17.2 Å². The molecule has 0 aliphatic carbocycles. The molecule has 12 nitrogen and oxygen atoms in total. The normalized spacial score (nSPS) is 16.7. The van der Waals surface area contributed by atoms with E-state index >= 15 is 4.57 Å². The van der Waals surface area contributed by atoms with Crippen LogP contribution in [0.1, 0.15) is 62.1 Å². The van der Waals surface area contributed by atoms with Crippen LogP contribution >= 0.6 is 7.37 Å². The average molecular weight is 672 g/mol. The van der Waals surface area contributed by atoms with Gasteiger partial charge in [0.25, 0.3) is 0 Å². The van der Waals surface area contributed by atoms with Crippen LogP contribution in [0.4, 0.5) is 0 Å². The Morgan fingerprint density at radius 1 is 0.510 bits per heavy atom. The zero-order chi connectivity index (χ0) is 34.0. The Morgan fingerprint density at radius 2 is 1.06 bits per heavy atom.